The van der Waals surface area contributed by atoms with E-state index >= 15 is 0 Å². The Morgan fingerprint density at radius 2 is 1.50 bits per heavy atom. The molecular formula is C12H27N3O3. The summed E-state index contributed by atoms with van der Waals surface area (Å²) in [5.41, 5.74) is 3.37. The first-order chi connectivity index (χ1) is 8.83. The Bertz CT molecular complexity index is 187. The largest absolute Gasteiger partial charge is 0.382 e. The summed E-state index contributed by atoms with van der Waals surface area (Å²) in [6, 6.07) is 0. The molecule has 0 aromatic heterocycles. The maximum Gasteiger partial charge on any atom is 0.0701 e. The van der Waals surface area contributed by atoms with Crippen molar-refractivity contribution in [1.29, 1.82) is 0 Å². The third-order valence-corrected chi connectivity index (χ3v) is 2.89. The van der Waals surface area contributed by atoms with Crippen LogP contribution in [0.25, 0.3) is 0 Å². The molecule has 1 saturated heterocycles. The molecule has 1 aliphatic rings. The number of rotatable bonds is 10. The zero-order valence-corrected chi connectivity index (χ0v) is 11.7. The number of nitrogens with one attached hydrogen (secondary N) is 1. The Kier molecular flexibility index (Phi) is 9.37. The molecule has 18 heavy (non-hydrogen) atoms. The topological polar surface area (TPSA) is 46.2 Å². The van der Waals surface area contributed by atoms with E-state index in [4.69, 9.17) is 14.2 Å². The van der Waals surface area contributed by atoms with Gasteiger partial charge in [-0.05, 0) is 7.05 Å². The van der Waals surface area contributed by atoms with Gasteiger partial charge in [0.1, 0.15) is 0 Å². The van der Waals surface area contributed by atoms with Crippen LogP contribution in [0.15, 0.2) is 0 Å². The maximum atomic E-state index is 5.46. The summed E-state index contributed by atoms with van der Waals surface area (Å²) in [4.78, 5) is 2.34. The van der Waals surface area contributed by atoms with Crippen LogP contribution >= 0.6 is 0 Å². The minimum absolute atomic E-state index is 0.637. The monoisotopic (exact) mass is 261 g/mol. The summed E-state index contributed by atoms with van der Waals surface area (Å²) in [6.07, 6.45) is 0. The molecule has 0 aromatic rings. The number of hydrogen-bond donors (Lipinski definition) is 1. The van der Waals surface area contributed by atoms with Crippen molar-refractivity contribution >= 4 is 0 Å². The predicted octanol–water partition coefficient (Wildman–Crippen LogP) is -0.582. The first kappa shape index (κ1) is 15.8. The van der Waals surface area contributed by atoms with Crippen LogP contribution in [-0.2, 0) is 14.2 Å². The molecule has 0 spiro atoms. The molecule has 0 radical (unpaired) electrons. The van der Waals surface area contributed by atoms with Crippen LogP contribution in [0.1, 0.15) is 0 Å². The normalized spacial score (nSPS) is 18.3. The van der Waals surface area contributed by atoms with Gasteiger partial charge in [-0.1, -0.05) is 0 Å². The highest BCUT2D eigenvalue weighted by atomic mass is 16.5. The zero-order valence-electron chi connectivity index (χ0n) is 11.7. The van der Waals surface area contributed by atoms with Crippen LogP contribution in [0.4, 0.5) is 0 Å². The third kappa shape index (κ3) is 7.97. The number of piperazine rings is 1. The first-order valence-electron chi connectivity index (χ1n) is 6.64. The number of hydrogen-bond acceptors (Lipinski definition) is 6. The summed E-state index contributed by atoms with van der Waals surface area (Å²) in [5.74, 6) is 0. The predicted molar refractivity (Wildman–Crippen MR) is 70.6 cm³/mol. The summed E-state index contributed by atoms with van der Waals surface area (Å²) in [5, 5.41) is 2.26. The fourth-order valence-corrected chi connectivity index (χ4v) is 1.70. The minimum Gasteiger partial charge on any atom is -0.382 e. The van der Waals surface area contributed by atoms with Gasteiger partial charge in [0.05, 0.1) is 33.0 Å². The molecule has 6 heteroatoms. The van der Waals surface area contributed by atoms with Crippen LogP contribution in [-0.4, -0.2) is 89.8 Å². The number of nitrogens with zero attached hydrogens (tertiary/aromatic N) is 2. The van der Waals surface area contributed by atoms with Crippen LogP contribution < -0.4 is 5.43 Å². The lowest BCUT2D eigenvalue weighted by Gasteiger charge is -2.32. The average molecular weight is 261 g/mol. The average Bonchev–Trinajstić information content (AvgIpc) is 2.39. The summed E-state index contributed by atoms with van der Waals surface area (Å²) in [6.45, 7) is 8.56. The second-order valence-corrected chi connectivity index (χ2v) is 4.42. The standard InChI is InChI=1S/C12H27N3O3/c1-14-4-6-15(7-5-14)13-3-8-17-11-12-18-10-9-16-2/h13H,3-12H2,1-2H3. The van der Waals surface area contributed by atoms with E-state index in [1.807, 2.05) is 0 Å². The van der Waals surface area contributed by atoms with Crippen molar-refractivity contribution in [3.8, 4) is 0 Å². The molecule has 1 fully saturated rings. The van der Waals surface area contributed by atoms with Crippen LogP contribution in [0.2, 0.25) is 0 Å². The second kappa shape index (κ2) is 10.7. The molecule has 1 aliphatic heterocycles. The molecular weight excluding hydrogens is 234 g/mol. The van der Waals surface area contributed by atoms with Gasteiger partial charge >= 0.3 is 0 Å². The Morgan fingerprint density at radius 3 is 2.17 bits per heavy atom. The molecule has 1 heterocycles. The summed E-state index contributed by atoms with van der Waals surface area (Å²) in [7, 11) is 3.83. The molecule has 0 amide bonds. The minimum atomic E-state index is 0.637. The number of methoxy groups -OCH3 is 1. The van der Waals surface area contributed by atoms with Gasteiger partial charge in [0.2, 0.25) is 0 Å². The van der Waals surface area contributed by atoms with E-state index < -0.39 is 0 Å². The Morgan fingerprint density at radius 1 is 0.889 bits per heavy atom. The fraction of sp³-hybridized carbons (Fsp3) is 1.00. The van der Waals surface area contributed by atoms with E-state index in [0.717, 1.165) is 39.3 Å². The van der Waals surface area contributed by atoms with Crippen molar-refractivity contribution in [2.75, 3.05) is 79.9 Å². The van der Waals surface area contributed by atoms with Crippen molar-refractivity contribution in [2.24, 2.45) is 0 Å². The lowest BCUT2D eigenvalue weighted by molar-refractivity contribution is 0.0195. The van der Waals surface area contributed by atoms with Crippen molar-refractivity contribution < 1.29 is 14.2 Å². The highest BCUT2D eigenvalue weighted by molar-refractivity contribution is 4.65. The first-order valence-corrected chi connectivity index (χ1v) is 6.64. The van der Waals surface area contributed by atoms with Gasteiger partial charge in [0.25, 0.3) is 0 Å². The Balaban J connectivity index is 1.78. The highest BCUT2D eigenvalue weighted by Crippen LogP contribution is 1.94. The Labute approximate surface area is 110 Å². The number of ether oxygens (including phenoxy) is 3. The molecule has 0 bridgehead atoms. The quantitative estimate of drug-likeness (QED) is 0.531. The van der Waals surface area contributed by atoms with Crippen molar-refractivity contribution in [1.82, 2.24) is 15.3 Å². The van der Waals surface area contributed by atoms with Crippen molar-refractivity contribution in [2.45, 2.75) is 0 Å². The van der Waals surface area contributed by atoms with E-state index in [1.54, 1.807) is 7.11 Å². The molecule has 1 rings (SSSR count). The van der Waals surface area contributed by atoms with E-state index in [0.29, 0.717) is 26.4 Å². The molecule has 1 N–H and O–H groups in total. The van der Waals surface area contributed by atoms with E-state index in [2.05, 4.69) is 22.4 Å². The number of likely N-dealkylation sites (N-methyl/N-ethyl adjacent to an activating group) is 1. The molecule has 108 valence electrons. The van der Waals surface area contributed by atoms with Crippen LogP contribution in [0, 0.1) is 0 Å². The lowest BCUT2D eigenvalue weighted by atomic mass is 10.4. The van der Waals surface area contributed by atoms with Gasteiger partial charge < -0.3 is 19.1 Å². The van der Waals surface area contributed by atoms with Crippen molar-refractivity contribution in [3.05, 3.63) is 0 Å². The van der Waals surface area contributed by atoms with Gasteiger partial charge in [0, 0.05) is 39.8 Å². The summed E-state index contributed by atoms with van der Waals surface area (Å²) < 4.78 is 15.6. The van der Waals surface area contributed by atoms with Gasteiger partial charge in [-0.15, -0.1) is 0 Å². The summed E-state index contributed by atoms with van der Waals surface area (Å²) >= 11 is 0. The maximum absolute atomic E-state index is 5.46. The Hall–Kier alpha value is -0.240. The van der Waals surface area contributed by atoms with Crippen LogP contribution in [0.5, 0.6) is 0 Å². The van der Waals surface area contributed by atoms with E-state index in [1.165, 1.54) is 0 Å². The van der Waals surface area contributed by atoms with E-state index in [-0.39, 0.29) is 0 Å². The molecule has 0 saturated carbocycles. The highest BCUT2D eigenvalue weighted by Gasteiger charge is 2.12. The smallest absolute Gasteiger partial charge is 0.0701 e. The van der Waals surface area contributed by atoms with Gasteiger partial charge in [0.15, 0.2) is 0 Å². The zero-order chi connectivity index (χ0) is 13.1. The molecule has 6 nitrogen and oxygen atoms in total. The van der Waals surface area contributed by atoms with Gasteiger partial charge in [-0.25, -0.2) is 5.01 Å². The number of hydrazine groups is 1. The second-order valence-electron chi connectivity index (χ2n) is 4.42. The van der Waals surface area contributed by atoms with Crippen molar-refractivity contribution in [3.63, 3.8) is 0 Å². The van der Waals surface area contributed by atoms with Crippen LogP contribution in [0.3, 0.4) is 0 Å². The molecule has 0 atom stereocenters. The third-order valence-electron chi connectivity index (χ3n) is 2.89. The molecule has 0 aliphatic carbocycles. The van der Waals surface area contributed by atoms with E-state index in [9.17, 15) is 0 Å². The lowest BCUT2D eigenvalue weighted by Crippen LogP contribution is -2.51. The molecule has 0 aromatic carbocycles. The SMILES string of the molecule is COCCOCCOCCNN1CCN(C)CC1. The fourth-order valence-electron chi connectivity index (χ4n) is 1.70. The van der Waals surface area contributed by atoms with Gasteiger partial charge in [-0.2, -0.15) is 0 Å². The molecule has 0 unspecified atom stereocenters. The van der Waals surface area contributed by atoms with Gasteiger partial charge in [-0.3, -0.25) is 5.43 Å².